The molecule has 1 atom stereocenters. The van der Waals surface area contributed by atoms with E-state index in [2.05, 4.69) is 11.8 Å². The molecule has 1 saturated heterocycles. The van der Waals surface area contributed by atoms with E-state index in [1.165, 1.54) is 0 Å². The molecule has 88 valence electrons. The number of hydrogen-bond acceptors (Lipinski definition) is 3. The number of carbonyl (C=O) groups excluding carboxylic acids is 1. The molecule has 1 fully saturated rings. The first-order chi connectivity index (χ1) is 7.15. The van der Waals surface area contributed by atoms with Gasteiger partial charge in [-0.15, -0.1) is 0 Å². The summed E-state index contributed by atoms with van der Waals surface area (Å²) < 4.78 is 0. The molecule has 1 aliphatic heterocycles. The summed E-state index contributed by atoms with van der Waals surface area (Å²) in [6.45, 7) is 5.21. The highest BCUT2D eigenvalue weighted by Gasteiger charge is 2.20. The number of amides is 1. The molecule has 1 rings (SSSR count). The maximum atomic E-state index is 11.8. The largest absolute Gasteiger partial charge is 0.342 e. The van der Waals surface area contributed by atoms with Gasteiger partial charge in [0.1, 0.15) is 0 Å². The third-order valence-electron chi connectivity index (χ3n) is 3.18. The van der Waals surface area contributed by atoms with Crippen molar-refractivity contribution in [2.24, 2.45) is 5.73 Å². The molecular formula is C11H23N3O. The van der Waals surface area contributed by atoms with Gasteiger partial charge in [-0.3, -0.25) is 9.69 Å². The Kier molecular flexibility index (Phi) is 5.05. The minimum absolute atomic E-state index is 0.263. The van der Waals surface area contributed by atoms with Crippen molar-refractivity contribution in [3.63, 3.8) is 0 Å². The van der Waals surface area contributed by atoms with Gasteiger partial charge in [-0.1, -0.05) is 0 Å². The summed E-state index contributed by atoms with van der Waals surface area (Å²) in [5.74, 6) is 0.263. The van der Waals surface area contributed by atoms with Gasteiger partial charge in [0.25, 0.3) is 0 Å². The molecule has 2 N–H and O–H groups in total. The number of rotatable bonds is 5. The smallest absolute Gasteiger partial charge is 0.236 e. The number of likely N-dealkylation sites (tertiary alicyclic amines) is 1. The normalized spacial score (nSPS) is 18.5. The van der Waals surface area contributed by atoms with Crippen LogP contribution < -0.4 is 5.73 Å². The van der Waals surface area contributed by atoms with E-state index in [4.69, 9.17) is 5.73 Å². The topological polar surface area (TPSA) is 49.6 Å². The molecule has 4 nitrogen and oxygen atoms in total. The van der Waals surface area contributed by atoms with Crippen LogP contribution in [0.5, 0.6) is 0 Å². The third kappa shape index (κ3) is 3.80. The molecule has 0 aromatic heterocycles. The van der Waals surface area contributed by atoms with Crippen LogP contribution in [0.25, 0.3) is 0 Å². The lowest BCUT2D eigenvalue weighted by Gasteiger charge is -2.26. The zero-order valence-electron chi connectivity index (χ0n) is 9.91. The highest BCUT2D eigenvalue weighted by atomic mass is 16.2. The Morgan fingerprint density at radius 3 is 2.60 bits per heavy atom. The monoisotopic (exact) mass is 213 g/mol. The summed E-state index contributed by atoms with van der Waals surface area (Å²) in [6, 6.07) is 0.390. The summed E-state index contributed by atoms with van der Waals surface area (Å²) in [4.78, 5) is 15.9. The van der Waals surface area contributed by atoms with E-state index in [9.17, 15) is 4.79 Å². The van der Waals surface area contributed by atoms with Crippen LogP contribution in [0.2, 0.25) is 0 Å². The molecule has 0 aromatic carbocycles. The van der Waals surface area contributed by atoms with E-state index in [1.807, 2.05) is 11.9 Å². The molecule has 1 aliphatic rings. The first-order valence-electron chi connectivity index (χ1n) is 5.83. The first-order valence-corrected chi connectivity index (χ1v) is 5.83. The van der Waals surface area contributed by atoms with Crippen molar-refractivity contribution in [3.05, 3.63) is 0 Å². The van der Waals surface area contributed by atoms with Gasteiger partial charge in [0.2, 0.25) is 5.91 Å². The van der Waals surface area contributed by atoms with Crippen molar-refractivity contribution in [1.29, 1.82) is 0 Å². The SMILES string of the molecule is CC(CCN)N(C)CC(=O)N1CCCC1. The fraction of sp³-hybridized carbons (Fsp3) is 0.909. The summed E-state index contributed by atoms with van der Waals surface area (Å²) in [5.41, 5.74) is 5.50. The number of hydrogen-bond donors (Lipinski definition) is 1. The maximum absolute atomic E-state index is 11.8. The Labute approximate surface area is 92.4 Å². The van der Waals surface area contributed by atoms with Gasteiger partial charge >= 0.3 is 0 Å². The molecule has 0 aromatic rings. The van der Waals surface area contributed by atoms with Crippen molar-refractivity contribution < 1.29 is 4.79 Å². The second kappa shape index (κ2) is 6.08. The van der Waals surface area contributed by atoms with Gasteiger partial charge in [0.15, 0.2) is 0 Å². The van der Waals surface area contributed by atoms with E-state index in [-0.39, 0.29) is 5.91 Å². The van der Waals surface area contributed by atoms with Crippen LogP contribution in [0.1, 0.15) is 26.2 Å². The molecule has 1 amide bonds. The van der Waals surface area contributed by atoms with Gasteiger partial charge < -0.3 is 10.6 Å². The first kappa shape index (κ1) is 12.5. The van der Waals surface area contributed by atoms with Gasteiger partial charge in [-0.05, 0) is 39.8 Å². The van der Waals surface area contributed by atoms with Crippen molar-refractivity contribution in [1.82, 2.24) is 9.80 Å². The molecule has 0 aliphatic carbocycles. The van der Waals surface area contributed by atoms with Crippen LogP contribution in [0.3, 0.4) is 0 Å². The van der Waals surface area contributed by atoms with Crippen LogP contribution in [-0.4, -0.2) is 55.0 Å². The molecule has 0 spiro atoms. The minimum Gasteiger partial charge on any atom is -0.342 e. The molecule has 4 heteroatoms. The Bertz CT molecular complexity index is 202. The van der Waals surface area contributed by atoms with E-state index >= 15 is 0 Å². The molecule has 0 bridgehead atoms. The highest BCUT2D eigenvalue weighted by Crippen LogP contribution is 2.08. The summed E-state index contributed by atoms with van der Waals surface area (Å²) in [6.07, 6.45) is 3.27. The van der Waals surface area contributed by atoms with Crippen LogP contribution in [0.4, 0.5) is 0 Å². The quantitative estimate of drug-likeness (QED) is 0.713. The van der Waals surface area contributed by atoms with Crippen molar-refractivity contribution in [3.8, 4) is 0 Å². The number of nitrogens with zero attached hydrogens (tertiary/aromatic N) is 2. The average molecular weight is 213 g/mol. The van der Waals surface area contributed by atoms with Crippen LogP contribution in [-0.2, 0) is 4.79 Å². The predicted molar refractivity (Wildman–Crippen MR) is 61.6 cm³/mol. The van der Waals surface area contributed by atoms with E-state index in [0.717, 1.165) is 32.4 Å². The second-order valence-electron chi connectivity index (χ2n) is 4.43. The minimum atomic E-state index is 0.263. The van der Waals surface area contributed by atoms with E-state index < -0.39 is 0 Å². The van der Waals surface area contributed by atoms with Crippen LogP contribution in [0, 0.1) is 0 Å². The predicted octanol–water partition coefficient (Wildman–Crippen LogP) is 0.278. The van der Waals surface area contributed by atoms with Crippen molar-refractivity contribution in [2.75, 3.05) is 33.2 Å². The van der Waals surface area contributed by atoms with Crippen molar-refractivity contribution >= 4 is 5.91 Å². The Morgan fingerprint density at radius 2 is 2.07 bits per heavy atom. The summed E-state index contributed by atoms with van der Waals surface area (Å²) >= 11 is 0. The van der Waals surface area contributed by atoms with Gasteiger partial charge in [0, 0.05) is 19.1 Å². The standard InChI is InChI=1S/C11H23N3O/c1-10(5-6-12)13(2)9-11(15)14-7-3-4-8-14/h10H,3-9,12H2,1-2H3. The average Bonchev–Trinajstić information content (AvgIpc) is 2.70. The van der Waals surface area contributed by atoms with Gasteiger partial charge in [-0.25, -0.2) is 0 Å². The Balaban J connectivity index is 2.29. The zero-order chi connectivity index (χ0) is 11.3. The molecule has 1 unspecified atom stereocenters. The lowest BCUT2D eigenvalue weighted by Crippen LogP contribution is -2.41. The van der Waals surface area contributed by atoms with Crippen molar-refractivity contribution in [2.45, 2.75) is 32.2 Å². The highest BCUT2D eigenvalue weighted by molar-refractivity contribution is 5.78. The third-order valence-corrected chi connectivity index (χ3v) is 3.18. The molecule has 1 heterocycles. The fourth-order valence-corrected chi connectivity index (χ4v) is 1.90. The fourth-order valence-electron chi connectivity index (χ4n) is 1.90. The Hall–Kier alpha value is -0.610. The number of nitrogens with two attached hydrogens (primary N) is 1. The number of carbonyl (C=O) groups is 1. The lowest BCUT2D eigenvalue weighted by molar-refractivity contribution is -0.131. The second-order valence-corrected chi connectivity index (χ2v) is 4.43. The molecule has 15 heavy (non-hydrogen) atoms. The molecule has 0 saturated carbocycles. The van der Waals surface area contributed by atoms with Crippen LogP contribution >= 0.6 is 0 Å². The Morgan fingerprint density at radius 1 is 1.47 bits per heavy atom. The van der Waals surface area contributed by atoms with E-state index in [1.54, 1.807) is 0 Å². The number of likely N-dealkylation sites (N-methyl/N-ethyl adjacent to an activating group) is 1. The van der Waals surface area contributed by atoms with Gasteiger partial charge in [-0.2, -0.15) is 0 Å². The summed E-state index contributed by atoms with van der Waals surface area (Å²) in [7, 11) is 1.99. The zero-order valence-corrected chi connectivity index (χ0v) is 9.91. The molecule has 0 radical (unpaired) electrons. The summed E-state index contributed by atoms with van der Waals surface area (Å²) in [5, 5.41) is 0. The molecular weight excluding hydrogens is 190 g/mol. The van der Waals surface area contributed by atoms with E-state index in [0.29, 0.717) is 19.1 Å². The van der Waals surface area contributed by atoms with Crippen LogP contribution in [0.15, 0.2) is 0 Å². The lowest BCUT2D eigenvalue weighted by atomic mass is 10.2. The van der Waals surface area contributed by atoms with Gasteiger partial charge in [0.05, 0.1) is 6.54 Å². The maximum Gasteiger partial charge on any atom is 0.236 e.